The van der Waals surface area contributed by atoms with E-state index >= 15 is 0 Å². The van der Waals surface area contributed by atoms with Crippen LogP contribution in [0.25, 0.3) is 0 Å². The number of benzene rings is 2. The van der Waals surface area contributed by atoms with Crippen LogP contribution in [0.3, 0.4) is 0 Å². The van der Waals surface area contributed by atoms with Gasteiger partial charge < -0.3 is 14.4 Å². The Morgan fingerprint density at radius 2 is 1.53 bits per heavy atom. The predicted molar refractivity (Wildman–Crippen MR) is 140 cm³/mol. The van der Waals surface area contributed by atoms with Crippen LogP contribution < -0.4 is 9.47 Å². The second-order valence-corrected chi connectivity index (χ2v) is 9.88. The number of hydrogen-bond acceptors (Lipinski definition) is 5. The summed E-state index contributed by atoms with van der Waals surface area (Å²) in [7, 11) is 0. The normalized spacial score (nSPS) is 18.4. The number of ketones is 2. The number of Topliss-reactive ketones (excluding diaryl/α,β-unsaturated/α-hetero) is 2. The maximum atomic E-state index is 13.3. The Morgan fingerprint density at radius 1 is 0.861 bits per heavy atom. The zero-order chi connectivity index (χ0) is 25.2. The lowest BCUT2D eigenvalue weighted by atomic mass is 9.71. The van der Waals surface area contributed by atoms with Crippen molar-refractivity contribution in [3.63, 3.8) is 0 Å². The van der Waals surface area contributed by atoms with E-state index in [-0.39, 0.29) is 17.5 Å². The van der Waals surface area contributed by atoms with Crippen molar-refractivity contribution in [3.05, 3.63) is 81.2 Å². The van der Waals surface area contributed by atoms with Gasteiger partial charge in [-0.05, 0) is 63.3 Å². The van der Waals surface area contributed by atoms with Crippen molar-refractivity contribution in [1.29, 1.82) is 0 Å². The highest BCUT2D eigenvalue weighted by atomic mass is 35.5. The highest BCUT2D eigenvalue weighted by Gasteiger charge is 2.43. The van der Waals surface area contributed by atoms with Crippen LogP contribution in [0.1, 0.15) is 69.4 Å². The monoisotopic (exact) mass is 505 g/mol. The minimum Gasteiger partial charge on any atom is -0.490 e. The third-order valence-corrected chi connectivity index (χ3v) is 7.71. The lowest BCUT2D eigenvalue weighted by Gasteiger charge is -2.43. The topological polar surface area (TPSA) is 55.8 Å². The number of carbonyl (C=O) groups is 2. The molecule has 0 radical (unpaired) electrons. The zero-order valence-corrected chi connectivity index (χ0v) is 21.7. The van der Waals surface area contributed by atoms with Gasteiger partial charge in [0.05, 0.1) is 6.61 Å². The minimum atomic E-state index is -0.352. The summed E-state index contributed by atoms with van der Waals surface area (Å²) >= 11 is 6.31. The molecule has 0 bridgehead atoms. The minimum absolute atomic E-state index is 0.154. The summed E-state index contributed by atoms with van der Waals surface area (Å²) in [4.78, 5) is 28.9. The molecule has 3 aliphatic rings. The van der Waals surface area contributed by atoms with E-state index < -0.39 is 0 Å². The standard InChI is InChI=1S/C30H32ClNO4/c1-3-32-22-11-7-13-24(33)29(22)28(30-23(32)12-8-14-25(30)34)19-15-16-26(27(17-19)35-4-2)36-18-20-9-5-6-10-21(20)31/h5-6,9-10,15-17,28H,3-4,7-8,11-14,18H2,1-2H3. The van der Waals surface area contributed by atoms with E-state index in [9.17, 15) is 9.59 Å². The Bertz CT molecular complexity index is 1220. The largest absolute Gasteiger partial charge is 0.490 e. The summed E-state index contributed by atoms with van der Waals surface area (Å²) in [6.07, 6.45) is 4.51. The van der Waals surface area contributed by atoms with E-state index in [0.29, 0.717) is 42.6 Å². The molecule has 0 aromatic heterocycles. The number of ether oxygens (including phenoxy) is 2. The van der Waals surface area contributed by atoms with Crippen molar-refractivity contribution in [1.82, 2.24) is 4.90 Å². The number of allylic oxidation sites excluding steroid dienone is 4. The van der Waals surface area contributed by atoms with Crippen LogP contribution in [-0.4, -0.2) is 29.6 Å². The first kappa shape index (κ1) is 24.6. The van der Waals surface area contributed by atoms with Gasteiger partial charge >= 0.3 is 0 Å². The van der Waals surface area contributed by atoms with E-state index in [2.05, 4.69) is 11.8 Å². The van der Waals surface area contributed by atoms with Gasteiger partial charge in [0.25, 0.3) is 0 Å². The smallest absolute Gasteiger partial charge is 0.161 e. The molecule has 0 fully saturated rings. The fraction of sp³-hybridized carbons (Fsp3) is 0.400. The Balaban J connectivity index is 1.57. The Morgan fingerprint density at radius 3 is 2.14 bits per heavy atom. The molecule has 6 heteroatoms. The number of hydrogen-bond donors (Lipinski definition) is 0. The molecule has 1 heterocycles. The molecule has 0 atom stereocenters. The van der Waals surface area contributed by atoms with E-state index in [0.717, 1.165) is 65.9 Å². The van der Waals surface area contributed by atoms with Gasteiger partial charge in [0, 0.05) is 58.4 Å². The lowest BCUT2D eigenvalue weighted by Crippen LogP contribution is -2.39. The molecule has 0 N–H and O–H groups in total. The highest BCUT2D eigenvalue weighted by molar-refractivity contribution is 6.31. The molecule has 1 aliphatic heterocycles. The predicted octanol–water partition coefficient (Wildman–Crippen LogP) is 6.75. The molecule has 2 aromatic rings. The van der Waals surface area contributed by atoms with E-state index in [1.54, 1.807) is 0 Å². The maximum absolute atomic E-state index is 13.3. The van der Waals surface area contributed by atoms with Crippen LogP contribution in [0.5, 0.6) is 11.5 Å². The van der Waals surface area contributed by atoms with Gasteiger partial charge in [-0.1, -0.05) is 35.9 Å². The van der Waals surface area contributed by atoms with Crippen molar-refractivity contribution < 1.29 is 19.1 Å². The van der Waals surface area contributed by atoms with Gasteiger partial charge in [0.1, 0.15) is 6.61 Å². The zero-order valence-electron chi connectivity index (χ0n) is 20.9. The van der Waals surface area contributed by atoms with E-state index in [4.69, 9.17) is 21.1 Å². The lowest BCUT2D eigenvalue weighted by molar-refractivity contribution is -0.117. The first-order valence-electron chi connectivity index (χ1n) is 13.0. The van der Waals surface area contributed by atoms with Gasteiger partial charge in [-0.15, -0.1) is 0 Å². The summed E-state index contributed by atoms with van der Waals surface area (Å²) < 4.78 is 12.1. The molecular weight excluding hydrogens is 474 g/mol. The molecule has 0 saturated carbocycles. The van der Waals surface area contributed by atoms with Crippen LogP contribution >= 0.6 is 11.6 Å². The fourth-order valence-corrected chi connectivity index (χ4v) is 5.98. The van der Waals surface area contributed by atoms with Gasteiger partial charge in [0.2, 0.25) is 0 Å². The second kappa shape index (κ2) is 10.5. The Labute approximate surface area is 217 Å². The summed E-state index contributed by atoms with van der Waals surface area (Å²) in [6, 6.07) is 13.4. The van der Waals surface area contributed by atoms with E-state index in [1.807, 2.05) is 49.4 Å². The SMILES string of the molecule is CCOc1cc(C2C3=C(CCCC3=O)N(CC)C3=C2C(=O)CCC3)ccc1OCc1ccccc1Cl. The average molecular weight is 506 g/mol. The molecule has 36 heavy (non-hydrogen) atoms. The van der Waals surface area contributed by atoms with Crippen LogP contribution in [0, 0.1) is 0 Å². The number of rotatable bonds is 7. The van der Waals surface area contributed by atoms with E-state index in [1.165, 1.54) is 0 Å². The summed E-state index contributed by atoms with van der Waals surface area (Å²) in [6.45, 7) is 5.59. The highest BCUT2D eigenvalue weighted by Crippen LogP contribution is 2.50. The second-order valence-electron chi connectivity index (χ2n) is 9.47. The van der Waals surface area contributed by atoms with Crippen LogP contribution in [0.4, 0.5) is 0 Å². The number of nitrogens with zero attached hydrogens (tertiary/aromatic N) is 1. The molecule has 0 unspecified atom stereocenters. The molecule has 0 spiro atoms. The first-order valence-corrected chi connectivity index (χ1v) is 13.3. The fourth-order valence-electron chi connectivity index (χ4n) is 5.79. The third-order valence-electron chi connectivity index (χ3n) is 7.34. The van der Waals surface area contributed by atoms with Crippen LogP contribution in [0.15, 0.2) is 65.0 Å². The molecule has 2 aliphatic carbocycles. The summed E-state index contributed by atoms with van der Waals surface area (Å²) in [5.41, 5.74) is 5.59. The van der Waals surface area contributed by atoms with Crippen molar-refractivity contribution >= 4 is 23.2 Å². The molecule has 5 rings (SSSR count). The van der Waals surface area contributed by atoms with Crippen molar-refractivity contribution in [2.45, 2.75) is 64.9 Å². The molecule has 188 valence electrons. The maximum Gasteiger partial charge on any atom is 0.161 e. The first-order chi connectivity index (χ1) is 17.5. The van der Waals surface area contributed by atoms with Gasteiger partial charge in [-0.25, -0.2) is 0 Å². The molecule has 0 saturated heterocycles. The quantitative estimate of drug-likeness (QED) is 0.416. The van der Waals surface area contributed by atoms with Gasteiger partial charge in [-0.3, -0.25) is 9.59 Å². The molecule has 5 nitrogen and oxygen atoms in total. The Kier molecular flexibility index (Phi) is 7.20. The van der Waals surface area contributed by atoms with Crippen molar-refractivity contribution in [2.24, 2.45) is 0 Å². The molecule has 2 aromatic carbocycles. The summed E-state index contributed by atoms with van der Waals surface area (Å²) in [5, 5.41) is 0.653. The average Bonchev–Trinajstić information content (AvgIpc) is 2.88. The van der Waals surface area contributed by atoms with Crippen molar-refractivity contribution in [3.8, 4) is 11.5 Å². The van der Waals surface area contributed by atoms with Gasteiger partial charge in [-0.2, -0.15) is 0 Å². The Hall–Kier alpha value is -3.05. The van der Waals surface area contributed by atoms with Gasteiger partial charge in [0.15, 0.2) is 23.1 Å². The number of carbonyl (C=O) groups excluding carboxylic acids is 2. The summed E-state index contributed by atoms with van der Waals surface area (Å²) in [5.74, 6) is 1.18. The number of halogens is 1. The third kappa shape index (κ3) is 4.45. The van der Waals surface area contributed by atoms with Crippen molar-refractivity contribution in [2.75, 3.05) is 13.2 Å². The molecule has 0 amide bonds. The van der Waals surface area contributed by atoms with Crippen LogP contribution in [-0.2, 0) is 16.2 Å². The van der Waals surface area contributed by atoms with Crippen LogP contribution in [0.2, 0.25) is 5.02 Å². The molecular formula is C30H32ClNO4.